The molecule has 0 aliphatic carbocycles. The van der Waals surface area contributed by atoms with Crippen LogP contribution in [0.5, 0.6) is 0 Å². The average molecular weight is 416 g/mol. The first-order chi connectivity index (χ1) is 12.7. The van der Waals surface area contributed by atoms with Crippen LogP contribution >= 0.6 is 11.3 Å². The highest BCUT2D eigenvalue weighted by Gasteiger charge is 2.33. The van der Waals surface area contributed by atoms with Crippen LogP contribution in [0.2, 0.25) is 0 Å². The van der Waals surface area contributed by atoms with Crippen molar-refractivity contribution in [3.63, 3.8) is 0 Å². The van der Waals surface area contributed by atoms with E-state index in [1.807, 2.05) is 0 Å². The summed E-state index contributed by atoms with van der Waals surface area (Å²) >= 11 is 0.716. The molecule has 146 valence electrons. The van der Waals surface area contributed by atoms with Gasteiger partial charge < -0.3 is 11.1 Å². The fraction of sp³-hybridized carbons (Fsp3) is 0.375. The highest BCUT2D eigenvalue weighted by molar-refractivity contribution is 7.92. The fourth-order valence-electron chi connectivity index (χ4n) is 3.02. The molecule has 1 aromatic heterocycles. The summed E-state index contributed by atoms with van der Waals surface area (Å²) in [6, 6.07) is 2.74. The van der Waals surface area contributed by atoms with Crippen LogP contribution in [-0.2, 0) is 10.0 Å². The summed E-state index contributed by atoms with van der Waals surface area (Å²) in [5.74, 6) is -3.27. The molecule has 0 amide bonds. The van der Waals surface area contributed by atoms with Gasteiger partial charge in [-0.2, -0.15) is 0 Å². The number of halogens is 2. The molecular weight excluding hydrogens is 398 g/mol. The minimum Gasteiger partial charge on any atom is -0.382 e. The Kier molecular flexibility index (Phi) is 5.45. The van der Waals surface area contributed by atoms with Crippen molar-refractivity contribution in [2.45, 2.75) is 18.9 Å². The zero-order valence-electron chi connectivity index (χ0n) is 14.4. The van der Waals surface area contributed by atoms with Gasteiger partial charge in [0.1, 0.15) is 22.3 Å². The summed E-state index contributed by atoms with van der Waals surface area (Å²) in [7, 11) is -3.69. The first kappa shape index (κ1) is 19.6. The second-order valence-corrected chi connectivity index (χ2v) is 9.01. The molecule has 11 heteroatoms. The number of nitrogens with one attached hydrogen (secondary N) is 1. The maximum atomic E-state index is 13.9. The molecule has 0 bridgehead atoms. The summed E-state index contributed by atoms with van der Waals surface area (Å²) in [5.41, 5.74) is 5.05. The summed E-state index contributed by atoms with van der Waals surface area (Å²) in [4.78, 5) is 16.4. The van der Waals surface area contributed by atoms with E-state index in [9.17, 15) is 22.0 Å². The number of carbonyl (C=O) groups is 1. The minimum absolute atomic E-state index is 0.0157. The number of ketones is 1. The van der Waals surface area contributed by atoms with Crippen LogP contribution in [0.4, 0.5) is 19.7 Å². The molecule has 1 fully saturated rings. The van der Waals surface area contributed by atoms with E-state index in [1.54, 1.807) is 0 Å². The van der Waals surface area contributed by atoms with Gasteiger partial charge in [0.15, 0.2) is 0 Å². The van der Waals surface area contributed by atoms with Crippen LogP contribution in [0, 0.1) is 11.6 Å². The molecule has 1 aliphatic heterocycles. The number of thiazole rings is 1. The van der Waals surface area contributed by atoms with Crippen molar-refractivity contribution >= 4 is 38.1 Å². The highest BCUT2D eigenvalue weighted by Crippen LogP contribution is 2.34. The molecule has 3 N–H and O–H groups in total. The number of hydrogen-bond acceptors (Lipinski definition) is 7. The lowest BCUT2D eigenvalue weighted by atomic mass is 10.1. The van der Waals surface area contributed by atoms with Crippen molar-refractivity contribution < 1.29 is 22.0 Å². The smallest absolute Gasteiger partial charge is 0.234 e. The largest absolute Gasteiger partial charge is 0.382 e. The number of nitrogen functional groups attached to an aromatic ring is 1. The van der Waals surface area contributed by atoms with E-state index in [2.05, 4.69) is 10.3 Å². The molecule has 27 heavy (non-hydrogen) atoms. The lowest BCUT2D eigenvalue weighted by Crippen LogP contribution is -2.45. The van der Waals surface area contributed by atoms with E-state index >= 15 is 0 Å². The summed E-state index contributed by atoms with van der Waals surface area (Å²) in [6.45, 7) is 1.29. The topological polar surface area (TPSA) is 105 Å². The third-order valence-corrected chi connectivity index (χ3v) is 6.59. The first-order valence-corrected chi connectivity index (χ1v) is 10.8. The monoisotopic (exact) mass is 416 g/mol. The van der Waals surface area contributed by atoms with Crippen LogP contribution in [-0.4, -0.2) is 44.6 Å². The molecule has 0 saturated carbocycles. The molecule has 0 unspecified atom stereocenters. The summed E-state index contributed by atoms with van der Waals surface area (Å²) in [5, 5.41) is 3.16. The molecule has 2 heterocycles. The number of nitrogens with two attached hydrogens (primary N) is 1. The van der Waals surface area contributed by atoms with Crippen LogP contribution in [0.1, 0.15) is 28.1 Å². The second-order valence-electron chi connectivity index (χ2n) is 6.18. The first-order valence-electron chi connectivity index (χ1n) is 8.15. The quantitative estimate of drug-likeness (QED) is 0.720. The Bertz CT molecular complexity index is 952. The molecular formula is C16H18F2N4O3S2. The maximum Gasteiger partial charge on any atom is 0.234 e. The Hall–Kier alpha value is -2.11. The lowest BCUT2D eigenvalue weighted by molar-refractivity contribution is 0.103. The Morgan fingerprint density at radius 1 is 1.30 bits per heavy atom. The number of aromatic nitrogens is 1. The average Bonchev–Trinajstić information content (AvgIpc) is 2.95. The van der Waals surface area contributed by atoms with Gasteiger partial charge >= 0.3 is 0 Å². The van der Waals surface area contributed by atoms with E-state index in [1.165, 1.54) is 0 Å². The predicted molar refractivity (Wildman–Crippen MR) is 99.5 cm³/mol. The van der Waals surface area contributed by atoms with Gasteiger partial charge in [0.2, 0.25) is 20.9 Å². The second kappa shape index (κ2) is 7.49. The van der Waals surface area contributed by atoms with Gasteiger partial charge in [-0.05, 0) is 38.1 Å². The number of piperidine rings is 1. The minimum atomic E-state index is -3.69. The van der Waals surface area contributed by atoms with Crippen molar-refractivity contribution in [3.05, 3.63) is 40.3 Å². The number of anilines is 2. The fourth-order valence-corrected chi connectivity index (χ4v) is 5.52. The maximum absolute atomic E-state index is 13.9. The third kappa shape index (κ3) is 3.94. The summed E-state index contributed by atoms with van der Waals surface area (Å²) < 4.78 is 53.7. The molecule has 0 spiro atoms. The standard InChI is InChI=1S/C16H18F2N4O3S2/c1-27(24,25)22(9-5-7-20-8-6-9)16-21-15(19)14(26-16)13(23)12-10(17)3-2-4-11(12)18/h2-4,9,20H,5-8,19H2,1H3. The van der Waals surface area contributed by atoms with E-state index in [0.29, 0.717) is 37.3 Å². The third-order valence-electron chi connectivity index (χ3n) is 4.22. The Morgan fingerprint density at radius 3 is 2.44 bits per heavy atom. The Balaban J connectivity index is 2.03. The van der Waals surface area contributed by atoms with Gasteiger partial charge in [-0.15, -0.1) is 0 Å². The van der Waals surface area contributed by atoms with Crippen LogP contribution in [0.15, 0.2) is 18.2 Å². The molecule has 3 rings (SSSR count). The number of hydrogen-bond donors (Lipinski definition) is 2. The van der Waals surface area contributed by atoms with E-state index in [-0.39, 0.29) is 21.9 Å². The molecule has 2 aromatic rings. The molecule has 0 atom stereocenters. The van der Waals surface area contributed by atoms with Crippen molar-refractivity contribution in [2.24, 2.45) is 0 Å². The van der Waals surface area contributed by atoms with Crippen molar-refractivity contribution in [2.75, 3.05) is 29.4 Å². The Morgan fingerprint density at radius 2 is 1.89 bits per heavy atom. The zero-order chi connectivity index (χ0) is 19.8. The van der Waals surface area contributed by atoms with Gasteiger partial charge in [-0.25, -0.2) is 26.5 Å². The summed E-state index contributed by atoms with van der Waals surface area (Å²) in [6.07, 6.45) is 2.18. The number of carbonyl (C=O) groups excluding carboxylic acids is 1. The molecule has 0 radical (unpaired) electrons. The van der Waals surface area contributed by atoms with Gasteiger partial charge in [0, 0.05) is 6.04 Å². The zero-order valence-corrected chi connectivity index (χ0v) is 16.0. The van der Waals surface area contributed by atoms with Gasteiger partial charge in [0.25, 0.3) is 0 Å². The van der Waals surface area contributed by atoms with E-state index in [4.69, 9.17) is 5.73 Å². The number of nitrogens with zero attached hydrogens (tertiary/aromatic N) is 2. The number of rotatable bonds is 5. The van der Waals surface area contributed by atoms with Crippen LogP contribution < -0.4 is 15.4 Å². The molecule has 1 saturated heterocycles. The molecule has 7 nitrogen and oxygen atoms in total. The number of benzene rings is 1. The van der Waals surface area contributed by atoms with E-state index in [0.717, 1.165) is 28.8 Å². The SMILES string of the molecule is CS(=O)(=O)N(c1nc(N)c(C(=O)c2c(F)cccc2F)s1)C1CCNCC1. The molecule has 1 aliphatic rings. The van der Waals surface area contributed by atoms with Crippen LogP contribution in [0.3, 0.4) is 0 Å². The van der Waals surface area contributed by atoms with Gasteiger partial charge in [0.05, 0.1) is 11.8 Å². The lowest BCUT2D eigenvalue weighted by Gasteiger charge is -2.32. The normalized spacial score (nSPS) is 15.7. The van der Waals surface area contributed by atoms with Crippen molar-refractivity contribution in [1.82, 2.24) is 10.3 Å². The predicted octanol–water partition coefficient (Wildman–Crippen LogP) is 1.75. The number of sulfonamides is 1. The Labute approximate surface area is 159 Å². The van der Waals surface area contributed by atoms with Crippen molar-refractivity contribution in [3.8, 4) is 0 Å². The van der Waals surface area contributed by atoms with Crippen LogP contribution in [0.25, 0.3) is 0 Å². The molecule has 1 aromatic carbocycles. The van der Waals surface area contributed by atoms with Gasteiger partial charge in [-0.3, -0.25) is 4.79 Å². The van der Waals surface area contributed by atoms with Crippen molar-refractivity contribution in [1.29, 1.82) is 0 Å². The highest BCUT2D eigenvalue weighted by atomic mass is 32.2. The van der Waals surface area contributed by atoms with E-state index < -0.39 is 33.0 Å². The van der Waals surface area contributed by atoms with Gasteiger partial charge in [-0.1, -0.05) is 17.4 Å².